The van der Waals surface area contributed by atoms with Crippen LogP contribution < -0.4 is 5.32 Å². The summed E-state index contributed by atoms with van der Waals surface area (Å²) in [6.45, 7) is 7.65. The number of carbonyl (C=O) groups is 2. The molecule has 0 aromatic carbocycles. The molecule has 5 nitrogen and oxygen atoms in total. The predicted octanol–water partition coefficient (Wildman–Crippen LogP) is 2.27. The Hall–Kier alpha value is -1.66. The highest BCUT2D eigenvalue weighted by Crippen LogP contribution is 2.19. The fourth-order valence-corrected chi connectivity index (χ4v) is 1.12. The molecule has 19 heavy (non-hydrogen) atoms. The minimum absolute atomic E-state index is 0.0304. The maximum absolute atomic E-state index is 12.2. The molecule has 0 unspecified atom stereocenters. The number of carbonyl (C=O) groups excluding carboxylic acids is 2. The molecule has 0 aliphatic carbocycles. The van der Waals surface area contributed by atoms with Gasteiger partial charge in [0.05, 0.1) is 6.54 Å². The van der Waals surface area contributed by atoms with Gasteiger partial charge in [-0.2, -0.15) is 0 Å². The van der Waals surface area contributed by atoms with Gasteiger partial charge in [-0.3, -0.25) is 0 Å². The first-order valence-electron chi connectivity index (χ1n) is 5.71. The van der Waals surface area contributed by atoms with Gasteiger partial charge < -0.3 is 14.8 Å². The second-order valence-electron chi connectivity index (χ2n) is 4.59. The van der Waals surface area contributed by atoms with Gasteiger partial charge in [0.25, 0.3) is 0 Å². The molecule has 0 aromatic heterocycles. The molecule has 0 heterocycles. The molecule has 0 bridgehead atoms. The van der Waals surface area contributed by atoms with Gasteiger partial charge in [0.1, 0.15) is 12.2 Å². The van der Waals surface area contributed by atoms with Crippen molar-refractivity contribution in [3.05, 3.63) is 12.2 Å². The largest absolute Gasteiger partial charge is 0.460 e. The summed E-state index contributed by atoms with van der Waals surface area (Å²) >= 11 is 0. The zero-order valence-corrected chi connectivity index (χ0v) is 11.3. The van der Waals surface area contributed by atoms with E-state index in [1.807, 2.05) is 0 Å². The molecule has 0 aliphatic heterocycles. The highest BCUT2D eigenvalue weighted by molar-refractivity contribution is 5.86. The third kappa shape index (κ3) is 8.98. The van der Waals surface area contributed by atoms with Crippen LogP contribution in [-0.2, 0) is 14.3 Å². The lowest BCUT2D eigenvalue weighted by molar-refractivity contribution is -0.138. The Morgan fingerprint density at radius 2 is 1.95 bits per heavy atom. The zero-order valence-electron chi connectivity index (χ0n) is 11.3. The van der Waals surface area contributed by atoms with Crippen LogP contribution in [0.15, 0.2) is 12.2 Å². The normalized spacial score (nSPS) is 11.1. The lowest BCUT2D eigenvalue weighted by Crippen LogP contribution is -2.37. The van der Waals surface area contributed by atoms with Crippen LogP contribution in [0.3, 0.4) is 0 Å². The van der Waals surface area contributed by atoms with Crippen molar-refractivity contribution in [2.24, 2.45) is 0 Å². The second kappa shape index (κ2) is 7.70. The van der Waals surface area contributed by atoms with Crippen LogP contribution in [0.2, 0.25) is 0 Å². The van der Waals surface area contributed by atoms with Crippen molar-refractivity contribution in [2.75, 3.05) is 13.2 Å². The first-order valence-corrected chi connectivity index (χ1v) is 5.71. The van der Waals surface area contributed by atoms with Gasteiger partial charge in [0, 0.05) is 12.0 Å². The predicted molar refractivity (Wildman–Crippen MR) is 65.0 cm³/mol. The molecule has 1 amide bonds. The third-order valence-electron chi connectivity index (χ3n) is 1.97. The van der Waals surface area contributed by atoms with E-state index in [9.17, 15) is 18.4 Å². The van der Waals surface area contributed by atoms with Gasteiger partial charge in [-0.1, -0.05) is 6.58 Å². The summed E-state index contributed by atoms with van der Waals surface area (Å²) in [5.74, 6) is -0.562. The SMILES string of the molecule is C=C(C)C(=O)OCCNC(=O)OC(C)(C)CC(F)F. The standard InChI is InChI=1S/C12H19F2NO4/c1-8(2)10(16)18-6-5-15-11(17)19-12(3,4)7-9(13)14/h9H,1,5-7H2,2-4H3,(H,15,17). The van der Waals surface area contributed by atoms with E-state index < -0.39 is 30.5 Å². The number of hydrogen-bond donors (Lipinski definition) is 1. The molecular formula is C12H19F2NO4. The third-order valence-corrected chi connectivity index (χ3v) is 1.97. The molecule has 0 saturated heterocycles. The molecule has 7 heteroatoms. The van der Waals surface area contributed by atoms with E-state index in [4.69, 9.17) is 9.47 Å². The van der Waals surface area contributed by atoms with Crippen LogP contribution in [0.4, 0.5) is 13.6 Å². The number of amides is 1. The van der Waals surface area contributed by atoms with Gasteiger partial charge in [-0.15, -0.1) is 0 Å². The van der Waals surface area contributed by atoms with Crippen molar-refractivity contribution >= 4 is 12.1 Å². The van der Waals surface area contributed by atoms with Crippen LogP contribution in [0.25, 0.3) is 0 Å². The van der Waals surface area contributed by atoms with E-state index in [-0.39, 0.29) is 18.7 Å². The quantitative estimate of drug-likeness (QED) is 0.441. The first-order chi connectivity index (χ1) is 8.64. The minimum Gasteiger partial charge on any atom is -0.460 e. The van der Waals surface area contributed by atoms with Gasteiger partial charge in [0.15, 0.2) is 0 Å². The molecule has 0 fully saturated rings. The van der Waals surface area contributed by atoms with Crippen LogP contribution in [0.1, 0.15) is 27.2 Å². The Balaban J connectivity index is 3.87. The van der Waals surface area contributed by atoms with E-state index in [0.717, 1.165) is 0 Å². The molecule has 0 aliphatic rings. The van der Waals surface area contributed by atoms with Crippen molar-refractivity contribution < 1.29 is 27.8 Å². The van der Waals surface area contributed by atoms with Gasteiger partial charge >= 0.3 is 12.1 Å². The molecule has 1 N–H and O–H groups in total. The number of halogens is 2. The molecule has 0 spiro atoms. The van der Waals surface area contributed by atoms with E-state index >= 15 is 0 Å². The molecule has 110 valence electrons. The van der Waals surface area contributed by atoms with Crippen LogP contribution in [0, 0.1) is 0 Å². The van der Waals surface area contributed by atoms with Gasteiger partial charge in [-0.25, -0.2) is 18.4 Å². The summed E-state index contributed by atoms with van der Waals surface area (Å²) in [5, 5.41) is 2.29. The lowest BCUT2D eigenvalue weighted by Gasteiger charge is -2.24. The Labute approximate surface area is 110 Å². The Morgan fingerprint density at radius 3 is 2.42 bits per heavy atom. The van der Waals surface area contributed by atoms with Crippen molar-refractivity contribution in [3.63, 3.8) is 0 Å². The van der Waals surface area contributed by atoms with Crippen LogP contribution >= 0.6 is 0 Å². The molecule has 0 rings (SSSR count). The van der Waals surface area contributed by atoms with E-state index in [1.54, 1.807) is 0 Å². The Kier molecular flexibility index (Phi) is 7.03. The summed E-state index contributed by atoms with van der Waals surface area (Å²) in [6, 6.07) is 0. The summed E-state index contributed by atoms with van der Waals surface area (Å²) in [7, 11) is 0. The molecule has 0 atom stereocenters. The fraction of sp³-hybridized carbons (Fsp3) is 0.667. The Morgan fingerprint density at radius 1 is 1.37 bits per heavy atom. The minimum atomic E-state index is -2.56. The number of alkyl carbamates (subject to hydrolysis) is 1. The summed E-state index contributed by atoms with van der Waals surface area (Å²) in [5.41, 5.74) is -1.01. The van der Waals surface area contributed by atoms with Gasteiger partial charge in [0.2, 0.25) is 6.43 Å². The van der Waals surface area contributed by atoms with Crippen molar-refractivity contribution in [2.45, 2.75) is 39.2 Å². The summed E-state index contributed by atoms with van der Waals surface area (Å²) in [4.78, 5) is 22.3. The number of esters is 1. The summed E-state index contributed by atoms with van der Waals surface area (Å²) in [6.07, 6.45) is -3.94. The molecule has 0 saturated carbocycles. The zero-order chi connectivity index (χ0) is 15.1. The maximum atomic E-state index is 12.2. The molecule has 0 aromatic rings. The smallest absolute Gasteiger partial charge is 0.407 e. The highest BCUT2D eigenvalue weighted by atomic mass is 19.3. The van der Waals surface area contributed by atoms with Crippen LogP contribution in [-0.4, -0.2) is 37.2 Å². The molecule has 0 radical (unpaired) electrons. The average molecular weight is 279 g/mol. The number of rotatable bonds is 7. The number of hydrogen-bond acceptors (Lipinski definition) is 4. The van der Waals surface area contributed by atoms with E-state index in [1.165, 1.54) is 20.8 Å². The molecular weight excluding hydrogens is 260 g/mol. The highest BCUT2D eigenvalue weighted by Gasteiger charge is 2.27. The average Bonchev–Trinajstić information content (AvgIpc) is 2.20. The number of ether oxygens (including phenoxy) is 2. The summed E-state index contributed by atoms with van der Waals surface area (Å²) < 4.78 is 33.9. The van der Waals surface area contributed by atoms with Crippen molar-refractivity contribution in [1.82, 2.24) is 5.32 Å². The maximum Gasteiger partial charge on any atom is 0.407 e. The van der Waals surface area contributed by atoms with Crippen molar-refractivity contribution in [3.8, 4) is 0 Å². The van der Waals surface area contributed by atoms with Gasteiger partial charge in [-0.05, 0) is 20.8 Å². The fourth-order valence-electron chi connectivity index (χ4n) is 1.12. The topological polar surface area (TPSA) is 64.6 Å². The Bertz CT molecular complexity index is 343. The van der Waals surface area contributed by atoms with Crippen molar-refractivity contribution in [1.29, 1.82) is 0 Å². The second-order valence-corrected chi connectivity index (χ2v) is 4.59. The monoisotopic (exact) mass is 279 g/mol. The van der Waals surface area contributed by atoms with E-state index in [0.29, 0.717) is 0 Å². The lowest BCUT2D eigenvalue weighted by atomic mass is 10.1. The van der Waals surface area contributed by atoms with E-state index in [2.05, 4.69) is 11.9 Å². The number of alkyl halides is 2. The first kappa shape index (κ1) is 17.3. The van der Waals surface area contributed by atoms with Crippen LogP contribution in [0.5, 0.6) is 0 Å². The number of nitrogens with one attached hydrogen (secondary N) is 1.